The third kappa shape index (κ3) is 2.25. The second-order valence-electron chi connectivity index (χ2n) is 4.14. The molecule has 4 atom stereocenters. The molecule has 0 unspecified atom stereocenters. The van der Waals surface area contributed by atoms with Crippen LogP contribution in [0.25, 0.3) is 0 Å². The van der Waals surface area contributed by atoms with E-state index in [1.54, 1.807) is 4.98 Å². The molecule has 2 heterocycles. The van der Waals surface area contributed by atoms with Crippen molar-refractivity contribution in [3.8, 4) is 0 Å². The number of carboxylic acids is 1. The molecule has 10 nitrogen and oxygen atoms in total. The monoisotopic (exact) mass is 289 g/mol. The minimum absolute atomic E-state index is 0.357. The summed E-state index contributed by atoms with van der Waals surface area (Å²) in [6.45, 7) is -0.678. The number of H-pyrrole nitrogens is 1. The first-order chi connectivity index (χ1) is 9.79. The predicted molar refractivity (Wildman–Crippen MR) is 61.3 cm³/mol. The van der Waals surface area contributed by atoms with Gasteiger partial charge in [0.25, 0.3) is 5.56 Å². The van der Waals surface area contributed by atoms with Crippen molar-refractivity contribution in [2.45, 2.75) is 24.5 Å². The molecule has 1 aliphatic heterocycles. The van der Waals surface area contributed by atoms with Crippen molar-refractivity contribution in [1.82, 2.24) is 9.55 Å². The molecule has 1 fully saturated rings. The van der Waals surface area contributed by atoms with Gasteiger partial charge in [-0.15, -0.1) is 0 Å². The molecule has 0 spiro atoms. The molecule has 110 valence electrons. The van der Waals surface area contributed by atoms with Gasteiger partial charge in [-0.25, -0.2) is 9.59 Å². The van der Waals surface area contributed by atoms with Crippen molar-refractivity contribution in [2.75, 3.05) is 6.61 Å². The molecule has 0 aromatic carbocycles. The lowest BCUT2D eigenvalue weighted by atomic mass is 10.1. The molecule has 1 saturated heterocycles. The number of carbonyl (C=O) groups is 1. The molecule has 0 bridgehead atoms. The molecule has 0 radical (unpaired) electrons. The maximum absolute atomic E-state index is 11.8. The Morgan fingerprint density at radius 1 is 1.45 bits per heavy atom. The molecule has 10 heteroatoms. The van der Waals surface area contributed by atoms with E-state index in [1.807, 2.05) is 0 Å². The molecule has 1 aromatic rings. The number of nitrogens with one attached hydrogen (secondary N) is 1. The van der Waals surface area contributed by atoms with Gasteiger partial charge in [0, 0.05) is 6.04 Å². The normalized spacial score (nSPS) is 30.2. The number of aliphatic hydroxyl groups is 3. The number of aromatic nitrogens is 2. The highest BCUT2D eigenvalue weighted by Crippen LogP contribution is 2.28. The summed E-state index contributed by atoms with van der Waals surface area (Å²) in [7, 11) is 0. The molecule has 20 heavy (non-hydrogen) atoms. The van der Waals surface area contributed by atoms with Crippen molar-refractivity contribution in [3.05, 3.63) is 32.6 Å². The second-order valence-corrected chi connectivity index (χ2v) is 4.14. The number of aromatic carboxylic acids is 1. The number of aliphatic hydroxyl groups excluding tert-OH is 3. The molecule has 2 rings (SSSR count). The summed E-state index contributed by atoms with van der Waals surface area (Å²) in [5.41, 5.74) is -3.41. The summed E-state index contributed by atoms with van der Waals surface area (Å²) in [6.07, 6.45) is -6.17. The van der Waals surface area contributed by atoms with Gasteiger partial charge in [0.05, 0.1) is 7.98 Å². The minimum Gasteiger partial charge on any atom is -0.477 e. The van der Waals surface area contributed by atoms with E-state index in [0.717, 1.165) is 0 Å². The molecule has 0 amide bonds. The van der Waals surface area contributed by atoms with Gasteiger partial charge in [-0.2, -0.15) is 0 Å². The molecule has 5 N–H and O–H groups in total. The van der Waals surface area contributed by atoms with Crippen LogP contribution in [-0.2, 0) is 4.74 Å². The van der Waals surface area contributed by atoms with Crippen molar-refractivity contribution >= 4 is 5.97 Å². The van der Waals surface area contributed by atoms with Crippen molar-refractivity contribution in [2.24, 2.45) is 0 Å². The molecule has 1 aromatic heterocycles. The van der Waals surface area contributed by atoms with Gasteiger partial charge in [0.1, 0.15) is 24.0 Å². The third-order valence-corrected chi connectivity index (χ3v) is 2.89. The van der Waals surface area contributed by atoms with E-state index in [2.05, 4.69) is 0 Å². The van der Waals surface area contributed by atoms with Crippen molar-refractivity contribution < 1.29 is 31.3 Å². The van der Waals surface area contributed by atoms with E-state index in [4.69, 9.17) is 16.3 Å². The van der Waals surface area contributed by atoms with Crippen LogP contribution in [0, 0.1) is 0 Å². The van der Waals surface area contributed by atoms with Crippen LogP contribution in [0.5, 0.6) is 0 Å². The lowest BCUT2D eigenvalue weighted by molar-refractivity contribution is -0.0562. The largest absolute Gasteiger partial charge is 0.477 e. The van der Waals surface area contributed by atoms with Crippen LogP contribution in [-0.4, -0.2) is 60.9 Å². The predicted octanol–water partition coefficient (Wildman–Crippen LogP) is -3.15. The van der Waals surface area contributed by atoms with Crippen LogP contribution in [0.15, 0.2) is 15.6 Å². The Hall–Kier alpha value is -2.01. The van der Waals surface area contributed by atoms with E-state index in [0.29, 0.717) is 4.57 Å². The fourth-order valence-electron chi connectivity index (χ4n) is 1.95. The van der Waals surface area contributed by atoms with E-state index >= 15 is 0 Å². The summed E-state index contributed by atoms with van der Waals surface area (Å²) in [6, 6.07) is -1.00. The fourth-order valence-corrected chi connectivity index (χ4v) is 1.95. The Labute approximate surface area is 111 Å². The van der Waals surface area contributed by atoms with Crippen LogP contribution >= 0.6 is 0 Å². The Balaban J connectivity index is 2.65. The standard InChI is InChI=1S/C10H12N2O8/c13-2-4-6(15)7(16)8(20-4)12-3(9(17)18)1-5(14)11-10(12)19/h1,4,6-8,13,15-16H,2H2,(H,17,18)(H,11,14,19)/t4-,6-,7-,8-/m1/s1/i1D. The van der Waals surface area contributed by atoms with Crippen LogP contribution in [0.3, 0.4) is 0 Å². The highest BCUT2D eigenvalue weighted by molar-refractivity contribution is 5.85. The Bertz CT molecular complexity index is 683. The second kappa shape index (κ2) is 5.17. The summed E-state index contributed by atoms with van der Waals surface area (Å²) < 4.78 is 12.8. The molecular formula is C10H12N2O8. The van der Waals surface area contributed by atoms with Gasteiger partial charge in [-0.05, 0) is 0 Å². The maximum Gasteiger partial charge on any atom is 0.352 e. The molecule has 0 saturated carbocycles. The Kier molecular flexibility index (Phi) is 3.36. The summed E-state index contributed by atoms with van der Waals surface area (Å²) in [5.74, 6) is -1.75. The molecule has 1 aliphatic rings. The topological polar surface area (TPSA) is 162 Å². The van der Waals surface area contributed by atoms with Crippen molar-refractivity contribution in [1.29, 1.82) is 0 Å². The number of hydrogen-bond donors (Lipinski definition) is 5. The number of rotatable bonds is 3. The zero-order valence-electron chi connectivity index (χ0n) is 10.9. The Morgan fingerprint density at radius 3 is 2.60 bits per heavy atom. The first-order valence-corrected chi connectivity index (χ1v) is 5.50. The van der Waals surface area contributed by atoms with Gasteiger partial charge in [-0.1, -0.05) is 0 Å². The minimum atomic E-state index is -1.75. The van der Waals surface area contributed by atoms with Gasteiger partial charge in [0.15, 0.2) is 6.23 Å². The van der Waals surface area contributed by atoms with Crippen LogP contribution in [0.1, 0.15) is 18.1 Å². The number of hydrogen-bond acceptors (Lipinski definition) is 7. The summed E-state index contributed by atoms with van der Waals surface area (Å²) >= 11 is 0. The van der Waals surface area contributed by atoms with Crippen molar-refractivity contribution in [3.63, 3.8) is 0 Å². The number of ether oxygens (including phenoxy) is 1. The lowest BCUT2D eigenvalue weighted by Crippen LogP contribution is -2.40. The van der Waals surface area contributed by atoms with E-state index in [9.17, 15) is 24.6 Å². The zero-order valence-corrected chi connectivity index (χ0v) is 9.89. The average molecular weight is 289 g/mol. The smallest absolute Gasteiger partial charge is 0.352 e. The lowest BCUT2D eigenvalue weighted by Gasteiger charge is -2.19. The van der Waals surface area contributed by atoms with E-state index in [-0.39, 0.29) is 0 Å². The number of nitrogens with zero attached hydrogens (tertiary/aromatic N) is 1. The van der Waals surface area contributed by atoms with Gasteiger partial charge < -0.3 is 25.2 Å². The Morgan fingerprint density at radius 2 is 2.10 bits per heavy atom. The maximum atomic E-state index is 11.8. The van der Waals surface area contributed by atoms with Crippen LogP contribution in [0.4, 0.5) is 0 Å². The quantitative estimate of drug-likeness (QED) is 0.389. The SMILES string of the molecule is [2H]c1c(C(=O)O)n([C@@H]2O[C@H](CO)[C@@H](O)[C@H]2O)c(=O)[nH]c1=O. The third-order valence-electron chi connectivity index (χ3n) is 2.89. The number of carboxylic acid groups (broad SMARTS) is 1. The fraction of sp³-hybridized carbons (Fsp3) is 0.500. The van der Waals surface area contributed by atoms with E-state index < -0.39 is 60.1 Å². The molecule has 0 aliphatic carbocycles. The van der Waals surface area contributed by atoms with Crippen LogP contribution in [0.2, 0.25) is 0 Å². The summed E-state index contributed by atoms with van der Waals surface area (Å²) in [5, 5.41) is 37.4. The van der Waals surface area contributed by atoms with E-state index in [1.165, 1.54) is 0 Å². The van der Waals surface area contributed by atoms with Gasteiger partial charge in [-0.3, -0.25) is 14.3 Å². The first kappa shape index (κ1) is 13.0. The average Bonchev–Trinajstić information content (AvgIpc) is 2.69. The first-order valence-electron chi connectivity index (χ1n) is 6.00. The highest BCUT2D eigenvalue weighted by atomic mass is 16.6. The van der Waals surface area contributed by atoms with Crippen LogP contribution < -0.4 is 11.2 Å². The highest BCUT2D eigenvalue weighted by Gasteiger charge is 2.44. The molecular weight excluding hydrogens is 276 g/mol. The van der Waals surface area contributed by atoms with Gasteiger partial charge >= 0.3 is 11.7 Å². The zero-order chi connectivity index (χ0) is 15.9. The summed E-state index contributed by atoms with van der Waals surface area (Å²) in [4.78, 5) is 35.9. The van der Waals surface area contributed by atoms with Gasteiger partial charge in [0.2, 0.25) is 0 Å². The number of aromatic amines is 1.